The molecule has 23 heavy (non-hydrogen) atoms. The molecule has 0 rings (SSSR count). The Morgan fingerprint density at radius 2 is 1.04 bits per heavy atom. The molecule has 0 spiro atoms. The summed E-state index contributed by atoms with van der Waals surface area (Å²) in [6, 6.07) is 0. The van der Waals surface area contributed by atoms with Gasteiger partial charge < -0.3 is 9.11 Å². The Morgan fingerprint density at radius 1 is 0.783 bits per heavy atom. The Labute approximate surface area is 146 Å². The van der Waals surface area contributed by atoms with Crippen LogP contribution in [0.3, 0.4) is 0 Å². The molecule has 0 heterocycles. The van der Waals surface area contributed by atoms with Gasteiger partial charge >= 0.3 is 10.5 Å². The second-order valence-electron chi connectivity index (χ2n) is 6.02. The van der Waals surface area contributed by atoms with Gasteiger partial charge in [0.2, 0.25) is 0 Å². The van der Waals surface area contributed by atoms with Gasteiger partial charge in [-0.1, -0.05) is 13.8 Å². The first-order valence-electron chi connectivity index (χ1n) is 7.97. The highest BCUT2D eigenvalue weighted by atomic mass is 32.2. The number of carbonyl (C=O) groups excluding carboxylic acids is 2. The van der Waals surface area contributed by atoms with Crippen molar-refractivity contribution >= 4 is 32.8 Å². The first kappa shape index (κ1) is 22.6. The van der Waals surface area contributed by atoms with E-state index in [1.54, 1.807) is 13.8 Å². The van der Waals surface area contributed by atoms with Crippen LogP contribution in [-0.2, 0) is 22.4 Å². The summed E-state index contributed by atoms with van der Waals surface area (Å²) in [6.07, 6.45) is 0. The Balaban J connectivity index is 4.75. The summed E-state index contributed by atoms with van der Waals surface area (Å²) in [6.45, 7) is 12.9. The van der Waals surface area contributed by atoms with E-state index in [9.17, 15) is 18.7 Å². The maximum absolute atomic E-state index is 12.2. The van der Waals surface area contributed by atoms with Gasteiger partial charge in [0.15, 0.2) is 0 Å². The lowest BCUT2D eigenvalue weighted by atomic mass is 10.0. The second-order valence-corrected chi connectivity index (χ2v) is 8.68. The largest absolute Gasteiger partial charge is 0.608 e. The standard InChI is InChI=1S/C15H30N2O4S2/c1-7-16(8-2)13(18)22(20)11-15(5,6)12-23(21)14(19)17(9-3)10-4/h7-12H2,1-6H3. The summed E-state index contributed by atoms with van der Waals surface area (Å²) in [5.74, 6) is 0.194. The van der Waals surface area contributed by atoms with Crippen molar-refractivity contribution in [3.63, 3.8) is 0 Å². The quantitative estimate of drug-likeness (QED) is 0.617. The van der Waals surface area contributed by atoms with Crippen LogP contribution in [0, 0.1) is 5.41 Å². The number of rotatable bonds is 8. The lowest BCUT2D eigenvalue weighted by molar-refractivity contribution is 0.225. The zero-order valence-electron chi connectivity index (χ0n) is 15.1. The van der Waals surface area contributed by atoms with Crippen LogP contribution in [0.4, 0.5) is 9.59 Å². The molecule has 0 saturated heterocycles. The molecule has 8 heteroatoms. The first-order chi connectivity index (χ1) is 10.6. The highest BCUT2D eigenvalue weighted by molar-refractivity contribution is 8.06. The Hall–Kier alpha value is -0.440. The van der Waals surface area contributed by atoms with Crippen molar-refractivity contribution in [1.82, 2.24) is 9.80 Å². The molecular weight excluding hydrogens is 336 g/mol. The number of hydrogen-bond acceptors (Lipinski definition) is 4. The average molecular weight is 367 g/mol. The minimum absolute atomic E-state index is 0.0968. The van der Waals surface area contributed by atoms with Crippen LogP contribution in [0.5, 0.6) is 0 Å². The third-order valence-electron chi connectivity index (χ3n) is 3.48. The van der Waals surface area contributed by atoms with Gasteiger partial charge in [-0.05, 0) is 27.7 Å². The van der Waals surface area contributed by atoms with Crippen LogP contribution in [0.25, 0.3) is 0 Å². The van der Waals surface area contributed by atoms with Crippen molar-refractivity contribution in [2.45, 2.75) is 41.5 Å². The molecule has 0 aromatic heterocycles. The minimum Gasteiger partial charge on any atom is -0.608 e. The van der Waals surface area contributed by atoms with E-state index in [2.05, 4.69) is 0 Å². The van der Waals surface area contributed by atoms with Crippen LogP contribution in [0.1, 0.15) is 41.5 Å². The van der Waals surface area contributed by atoms with Gasteiger partial charge in [-0.2, -0.15) is 0 Å². The van der Waals surface area contributed by atoms with Crippen molar-refractivity contribution in [1.29, 1.82) is 0 Å². The molecule has 136 valence electrons. The average Bonchev–Trinajstić information content (AvgIpc) is 2.48. The van der Waals surface area contributed by atoms with Gasteiger partial charge in [0.25, 0.3) is 0 Å². The Kier molecular flexibility index (Phi) is 10.2. The molecule has 2 amide bonds. The maximum Gasteiger partial charge on any atom is 0.429 e. The predicted molar refractivity (Wildman–Crippen MR) is 96.4 cm³/mol. The third kappa shape index (κ3) is 7.32. The highest BCUT2D eigenvalue weighted by Gasteiger charge is 2.38. The molecule has 0 fully saturated rings. The van der Waals surface area contributed by atoms with Crippen LogP contribution in [0.15, 0.2) is 0 Å². The van der Waals surface area contributed by atoms with Gasteiger partial charge in [-0.15, -0.1) is 0 Å². The number of hydrogen-bond donors (Lipinski definition) is 0. The molecule has 2 atom stereocenters. The van der Waals surface area contributed by atoms with Crippen molar-refractivity contribution in [3.8, 4) is 0 Å². The fraction of sp³-hybridized carbons (Fsp3) is 0.867. The molecule has 6 nitrogen and oxygen atoms in total. The summed E-state index contributed by atoms with van der Waals surface area (Å²) >= 11 is -3.36. The summed E-state index contributed by atoms with van der Waals surface area (Å²) in [7, 11) is 0. The molecule has 0 N–H and O–H groups in total. The second kappa shape index (κ2) is 10.4. The number of carbonyl (C=O) groups is 2. The Morgan fingerprint density at radius 3 is 1.26 bits per heavy atom. The van der Waals surface area contributed by atoms with E-state index >= 15 is 0 Å². The van der Waals surface area contributed by atoms with Crippen molar-refractivity contribution in [2.24, 2.45) is 5.41 Å². The third-order valence-corrected chi connectivity index (χ3v) is 6.86. The van der Waals surface area contributed by atoms with Crippen molar-refractivity contribution in [2.75, 3.05) is 37.7 Å². The normalized spacial score (nSPS) is 14.3. The van der Waals surface area contributed by atoms with E-state index in [1.165, 1.54) is 9.80 Å². The van der Waals surface area contributed by atoms with Crippen LogP contribution in [-0.4, -0.2) is 67.1 Å². The van der Waals surface area contributed by atoms with Crippen molar-refractivity contribution in [3.05, 3.63) is 0 Å². The summed E-state index contributed by atoms with van der Waals surface area (Å²) < 4.78 is 24.5. The summed E-state index contributed by atoms with van der Waals surface area (Å²) in [4.78, 5) is 27.2. The fourth-order valence-corrected chi connectivity index (χ4v) is 5.22. The van der Waals surface area contributed by atoms with Crippen LogP contribution >= 0.6 is 0 Å². The number of amides is 2. The van der Waals surface area contributed by atoms with Crippen molar-refractivity contribution < 1.29 is 18.7 Å². The molecule has 0 aliphatic heterocycles. The van der Waals surface area contributed by atoms with E-state index in [0.717, 1.165) is 0 Å². The SMILES string of the molecule is CCN(CC)C(=O)[S+]([O-])CC(C)(C)C[S+]([O-])C(=O)N(CC)CC. The van der Waals surface area contributed by atoms with E-state index in [-0.39, 0.29) is 11.5 Å². The van der Waals surface area contributed by atoms with E-state index in [1.807, 2.05) is 27.7 Å². The van der Waals surface area contributed by atoms with Gasteiger partial charge in [-0.25, -0.2) is 9.59 Å². The van der Waals surface area contributed by atoms with Gasteiger partial charge in [0.05, 0.1) is 5.41 Å². The molecule has 2 unspecified atom stereocenters. The zero-order chi connectivity index (χ0) is 18.2. The molecule has 0 aliphatic rings. The molecule has 0 aromatic rings. The van der Waals surface area contributed by atoms with Crippen LogP contribution in [0.2, 0.25) is 0 Å². The van der Waals surface area contributed by atoms with E-state index < -0.39 is 38.2 Å². The zero-order valence-corrected chi connectivity index (χ0v) is 16.7. The molecule has 0 aromatic carbocycles. The van der Waals surface area contributed by atoms with E-state index in [4.69, 9.17) is 0 Å². The maximum atomic E-state index is 12.2. The number of nitrogens with zero attached hydrogens (tertiary/aromatic N) is 2. The molecule has 0 radical (unpaired) electrons. The summed E-state index contributed by atoms with van der Waals surface area (Å²) in [5.41, 5.74) is -0.624. The molecule has 0 bridgehead atoms. The summed E-state index contributed by atoms with van der Waals surface area (Å²) in [5, 5.41) is -0.798. The molecule has 0 aliphatic carbocycles. The topological polar surface area (TPSA) is 86.7 Å². The molecule has 0 saturated carbocycles. The fourth-order valence-electron chi connectivity index (χ4n) is 2.13. The highest BCUT2D eigenvalue weighted by Crippen LogP contribution is 2.23. The monoisotopic (exact) mass is 366 g/mol. The lowest BCUT2D eigenvalue weighted by Gasteiger charge is -2.28. The smallest absolute Gasteiger partial charge is 0.429 e. The predicted octanol–water partition coefficient (Wildman–Crippen LogP) is 2.43. The van der Waals surface area contributed by atoms with Gasteiger partial charge in [-0.3, -0.25) is 9.80 Å². The lowest BCUT2D eigenvalue weighted by Crippen LogP contribution is -2.43. The first-order valence-corrected chi connectivity index (χ1v) is 10.6. The Bertz CT molecular complexity index is 352. The minimum atomic E-state index is -1.68. The molecular formula is C15H30N2O4S2. The van der Waals surface area contributed by atoms with Gasteiger partial charge in [0, 0.05) is 48.5 Å². The van der Waals surface area contributed by atoms with E-state index in [0.29, 0.717) is 26.2 Å². The van der Waals surface area contributed by atoms with Crippen LogP contribution < -0.4 is 0 Å². The van der Waals surface area contributed by atoms with Gasteiger partial charge in [0.1, 0.15) is 11.5 Å².